The molecule has 0 radical (unpaired) electrons. The van der Waals surface area contributed by atoms with Crippen molar-refractivity contribution in [2.24, 2.45) is 11.8 Å². The highest BCUT2D eigenvalue weighted by atomic mass is 19.4. The molecule has 0 N–H and O–H groups in total. The summed E-state index contributed by atoms with van der Waals surface area (Å²) in [4.78, 5) is 0. The van der Waals surface area contributed by atoms with E-state index in [4.69, 9.17) is 4.74 Å². The highest BCUT2D eigenvalue weighted by molar-refractivity contribution is 5.27. The number of halogens is 5. The lowest BCUT2D eigenvalue weighted by Gasteiger charge is -2.33. The van der Waals surface area contributed by atoms with Gasteiger partial charge in [0.2, 0.25) is 0 Å². The molecule has 0 heterocycles. The van der Waals surface area contributed by atoms with E-state index in [9.17, 15) is 22.0 Å². The maximum atomic E-state index is 14.4. The van der Waals surface area contributed by atoms with Crippen LogP contribution in [-0.4, -0.2) is 18.9 Å². The molecule has 1 fully saturated rings. The van der Waals surface area contributed by atoms with Crippen LogP contribution in [-0.2, 0) is 11.3 Å². The van der Waals surface area contributed by atoms with Gasteiger partial charge in [0, 0.05) is 0 Å². The Morgan fingerprint density at radius 1 is 0.963 bits per heavy atom. The molecule has 0 unspecified atom stereocenters. The number of rotatable bonds is 9. The molecular weight excluding hydrogens is 367 g/mol. The van der Waals surface area contributed by atoms with Crippen LogP contribution in [0.15, 0.2) is 24.3 Å². The molecule has 0 aromatic heterocycles. The van der Waals surface area contributed by atoms with Crippen LogP contribution < -0.4 is 4.74 Å². The molecule has 1 aliphatic rings. The second-order valence-electron chi connectivity index (χ2n) is 7.28. The summed E-state index contributed by atoms with van der Waals surface area (Å²) < 4.78 is 74.5. The maximum Gasteiger partial charge on any atom is 0.411 e. The molecule has 154 valence electrons. The molecule has 27 heavy (non-hydrogen) atoms. The zero-order chi connectivity index (χ0) is 19.9. The van der Waals surface area contributed by atoms with Gasteiger partial charge in [0.05, 0.1) is 12.5 Å². The molecule has 0 amide bonds. The molecule has 0 aliphatic heterocycles. The van der Waals surface area contributed by atoms with E-state index in [1.165, 1.54) is 24.3 Å². The zero-order valence-electron chi connectivity index (χ0n) is 15.5. The van der Waals surface area contributed by atoms with Crippen molar-refractivity contribution in [1.82, 2.24) is 0 Å². The van der Waals surface area contributed by atoms with Gasteiger partial charge in [-0.2, -0.15) is 22.0 Å². The van der Waals surface area contributed by atoms with E-state index in [-0.39, 0.29) is 12.4 Å². The van der Waals surface area contributed by atoms with Crippen molar-refractivity contribution in [2.45, 2.75) is 70.8 Å². The normalized spacial score (nSPS) is 21.3. The van der Waals surface area contributed by atoms with Crippen LogP contribution in [0.1, 0.15) is 57.4 Å². The molecule has 1 aromatic rings. The first-order valence-electron chi connectivity index (χ1n) is 9.50. The maximum absolute atomic E-state index is 14.4. The van der Waals surface area contributed by atoms with Crippen LogP contribution in [0.4, 0.5) is 22.0 Å². The van der Waals surface area contributed by atoms with Crippen molar-refractivity contribution >= 4 is 0 Å². The Hall–Kier alpha value is -1.37. The Bertz CT molecular complexity index is 548. The summed E-state index contributed by atoms with van der Waals surface area (Å²) >= 11 is 0. The predicted molar refractivity (Wildman–Crippen MR) is 92.7 cm³/mol. The Morgan fingerprint density at radius 2 is 1.59 bits per heavy atom. The predicted octanol–water partition coefficient (Wildman–Crippen LogP) is 6.73. The monoisotopic (exact) mass is 394 g/mol. The molecule has 2 nitrogen and oxygen atoms in total. The second-order valence-corrected chi connectivity index (χ2v) is 7.28. The molecule has 1 aliphatic carbocycles. The van der Waals surface area contributed by atoms with E-state index in [0.29, 0.717) is 24.3 Å². The van der Waals surface area contributed by atoms with E-state index >= 15 is 0 Å². The molecule has 2 rings (SSSR count). The summed E-state index contributed by atoms with van der Waals surface area (Å²) in [6, 6.07) is 5.55. The van der Waals surface area contributed by atoms with Crippen molar-refractivity contribution in [3.05, 3.63) is 29.8 Å². The SMILES string of the molecule is CCCCC1CCC(C(F)(F)Oc2ccc(COCC(F)(F)F)cc2)CC1. The average Bonchev–Trinajstić information content (AvgIpc) is 2.60. The Kier molecular flexibility index (Phi) is 7.89. The Balaban J connectivity index is 1.81. The van der Waals surface area contributed by atoms with Gasteiger partial charge in [-0.15, -0.1) is 0 Å². The first-order valence-corrected chi connectivity index (χ1v) is 9.50. The Morgan fingerprint density at radius 3 is 2.15 bits per heavy atom. The minimum atomic E-state index is -4.39. The lowest BCUT2D eigenvalue weighted by atomic mass is 9.79. The standard InChI is InChI=1S/C20H27F5O2/c1-2-3-4-15-5-9-17(10-6-15)20(24,25)27-18-11-7-16(8-12-18)13-26-14-19(21,22)23/h7-8,11-12,15,17H,2-6,9-10,13-14H2,1H3. The summed E-state index contributed by atoms with van der Waals surface area (Å²) in [6.07, 6.45) is -1.76. The molecule has 7 heteroatoms. The summed E-state index contributed by atoms with van der Waals surface area (Å²) in [5, 5.41) is 0. The lowest BCUT2D eigenvalue weighted by molar-refractivity contribution is -0.223. The van der Waals surface area contributed by atoms with Crippen molar-refractivity contribution in [3.8, 4) is 5.75 Å². The third-order valence-corrected chi connectivity index (χ3v) is 5.00. The number of benzene rings is 1. The van der Waals surface area contributed by atoms with Gasteiger partial charge in [-0.3, -0.25) is 0 Å². The van der Waals surface area contributed by atoms with Crippen LogP contribution in [0.2, 0.25) is 0 Å². The number of unbranched alkanes of at least 4 members (excludes halogenated alkanes) is 1. The third-order valence-electron chi connectivity index (χ3n) is 5.00. The average molecular weight is 394 g/mol. The zero-order valence-corrected chi connectivity index (χ0v) is 15.5. The number of hydrogen-bond donors (Lipinski definition) is 0. The Labute approximate surface area is 157 Å². The molecular formula is C20H27F5O2. The minimum absolute atomic E-state index is 0.00711. The number of ether oxygens (including phenoxy) is 2. The van der Waals surface area contributed by atoms with E-state index < -0.39 is 24.8 Å². The van der Waals surface area contributed by atoms with E-state index in [0.717, 1.165) is 32.1 Å². The number of alkyl halides is 5. The van der Waals surface area contributed by atoms with Gasteiger partial charge in [-0.1, -0.05) is 38.3 Å². The van der Waals surface area contributed by atoms with Gasteiger partial charge in [-0.05, 0) is 49.3 Å². The largest absolute Gasteiger partial charge is 0.432 e. The van der Waals surface area contributed by atoms with Crippen LogP contribution in [0, 0.1) is 11.8 Å². The van der Waals surface area contributed by atoms with Gasteiger partial charge in [0.1, 0.15) is 12.4 Å². The highest BCUT2D eigenvalue weighted by Crippen LogP contribution is 2.41. The van der Waals surface area contributed by atoms with Gasteiger partial charge >= 0.3 is 12.3 Å². The van der Waals surface area contributed by atoms with Crippen LogP contribution in [0.3, 0.4) is 0 Å². The molecule has 0 spiro atoms. The van der Waals surface area contributed by atoms with Crippen LogP contribution >= 0.6 is 0 Å². The fourth-order valence-corrected chi connectivity index (χ4v) is 3.46. The first-order chi connectivity index (χ1) is 12.7. The summed E-state index contributed by atoms with van der Waals surface area (Å²) in [5.74, 6) is -0.258. The van der Waals surface area contributed by atoms with Gasteiger partial charge in [0.25, 0.3) is 0 Å². The molecule has 0 saturated heterocycles. The summed E-state index contributed by atoms with van der Waals surface area (Å²) in [7, 11) is 0. The number of hydrogen-bond acceptors (Lipinski definition) is 2. The van der Waals surface area contributed by atoms with E-state index in [1.807, 2.05) is 0 Å². The van der Waals surface area contributed by atoms with Crippen LogP contribution in [0.5, 0.6) is 5.75 Å². The van der Waals surface area contributed by atoms with Crippen molar-refractivity contribution in [3.63, 3.8) is 0 Å². The van der Waals surface area contributed by atoms with E-state index in [2.05, 4.69) is 11.7 Å². The van der Waals surface area contributed by atoms with E-state index in [1.54, 1.807) is 0 Å². The summed E-state index contributed by atoms with van der Waals surface area (Å²) in [5.41, 5.74) is 0.464. The van der Waals surface area contributed by atoms with Crippen molar-refractivity contribution in [2.75, 3.05) is 6.61 Å². The van der Waals surface area contributed by atoms with Gasteiger partial charge in [0.15, 0.2) is 0 Å². The topological polar surface area (TPSA) is 18.5 Å². The molecule has 0 bridgehead atoms. The highest BCUT2D eigenvalue weighted by Gasteiger charge is 2.43. The minimum Gasteiger partial charge on any atom is -0.432 e. The third kappa shape index (κ3) is 7.64. The molecule has 1 aromatic carbocycles. The fraction of sp³-hybridized carbons (Fsp3) is 0.700. The van der Waals surface area contributed by atoms with Gasteiger partial charge in [-0.25, -0.2) is 0 Å². The van der Waals surface area contributed by atoms with Crippen molar-refractivity contribution < 1.29 is 31.4 Å². The summed E-state index contributed by atoms with van der Waals surface area (Å²) in [6.45, 7) is 0.545. The van der Waals surface area contributed by atoms with Gasteiger partial charge < -0.3 is 9.47 Å². The van der Waals surface area contributed by atoms with Crippen LogP contribution in [0.25, 0.3) is 0 Å². The quantitative estimate of drug-likeness (QED) is 0.432. The smallest absolute Gasteiger partial charge is 0.411 e. The second kappa shape index (κ2) is 9.71. The molecule has 1 saturated carbocycles. The molecule has 0 atom stereocenters. The lowest BCUT2D eigenvalue weighted by Crippen LogP contribution is -2.37. The fourth-order valence-electron chi connectivity index (χ4n) is 3.46. The van der Waals surface area contributed by atoms with Crippen molar-refractivity contribution in [1.29, 1.82) is 0 Å². The first kappa shape index (κ1) is 21.9.